The summed E-state index contributed by atoms with van der Waals surface area (Å²) >= 11 is 3.28. The van der Waals surface area contributed by atoms with Crippen LogP contribution in [0.15, 0.2) is 59.2 Å². The number of hydrogen-bond donors (Lipinski definition) is 2. The first-order valence-corrected chi connectivity index (χ1v) is 7.07. The van der Waals surface area contributed by atoms with Crippen LogP contribution in [0.2, 0.25) is 0 Å². The van der Waals surface area contributed by atoms with Crippen LogP contribution in [0.1, 0.15) is 10.4 Å². The summed E-state index contributed by atoms with van der Waals surface area (Å²) in [4.78, 5) is 16.3. The number of nitrogens with zero attached hydrogens (tertiary/aromatic N) is 1. The third-order valence-corrected chi connectivity index (χ3v) is 3.55. The summed E-state index contributed by atoms with van der Waals surface area (Å²) in [6.07, 6.45) is 1.59. The Morgan fingerprint density at radius 3 is 2.48 bits per heavy atom. The monoisotopic (exact) mass is 342 g/mol. The van der Waals surface area contributed by atoms with E-state index in [4.69, 9.17) is 0 Å². The van der Waals surface area contributed by atoms with Gasteiger partial charge in [0.1, 0.15) is 11.6 Å². The first kappa shape index (κ1) is 13.6. The number of hydrogen-bond acceptors (Lipinski definition) is 3. The number of phenolic OH excluding ortho intramolecular Hbond substituents is 1. The van der Waals surface area contributed by atoms with Crippen molar-refractivity contribution in [2.75, 3.05) is 5.32 Å². The average Bonchev–Trinajstić information content (AvgIpc) is 2.49. The van der Waals surface area contributed by atoms with Gasteiger partial charge in [0.15, 0.2) is 0 Å². The molecule has 0 fully saturated rings. The van der Waals surface area contributed by atoms with Gasteiger partial charge in [0.2, 0.25) is 0 Å². The van der Waals surface area contributed by atoms with Crippen LogP contribution in [-0.4, -0.2) is 16.0 Å². The molecule has 2 N–H and O–H groups in total. The second-order valence-electron chi connectivity index (χ2n) is 4.53. The third-order valence-electron chi connectivity index (χ3n) is 3.08. The van der Waals surface area contributed by atoms with Crippen molar-refractivity contribution in [1.82, 2.24) is 4.98 Å². The van der Waals surface area contributed by atoms with Crippen molar-refractivity contribution >= 4 is 38.4 Å². The summed E-state index contributed by atoms with van der Waals surface area (Å²) in [6.45, 7) is 0. The summed E-state index contributed by atoms with van der Waals surface area (Å²) in [6, 6.07) is 14.3. The Morgan fingerprint density at radius 1 is 1.10 bits per heavy atom. The molecule has 2 aromatic carbocycles. The fraction of sp³-hybridized carbons (Fsp3) is 0. The van der Waals surface area contributed by atoms with Gasteiger partial charge in [0, 0.05) is 10.7 Å². The minimum absolute atomic E-state index is 0.0525. The number of phenols is 1. The molecule has 3 aromatic rings. The molecule has 4 nitrogen and oxygen atoms in total. The Kier molecular flexibility index (Phi) is 3.58. The number of amides is 1. The minimum atomic E-state index is -0.395. The highest BCUT2D eigenvalue weighted by atomic mass is 79.9. The second-order valence-corrected chi connectivity index (χ2v) is 5.45. The standard InChI is InChI=1S/C16H11BrN2O2/c17-12-5-6-15(18-9-12)19-16(21)13-7-10-3-1-2-4-11(10)8-14(13)20/h1-9,20H,(H,18,19,21). The predicted molar refractivity (Wildman–Crippen MR) is 85.5 cm³/mol. The zero-order chi connectivity index (χ0) is 14.8. The van der Waals surface area contributed by atoms with E-state index in [1.165, 1.54) is 0 Å². The Labute approximate surface area is 129 Å². The number of aromatic hydroxyl groups is 1. The third kappa shape index (κ3) is 2.87. The lowest BCUT2D eigenvalue weighted by atomic mass is 10.1. The highest BCUT2D eigenvalue weighted by Crippen LogP contribution is 2.25. The normalized spacial score (nSPS) is 10.5. The topological polar surface area (TPSA) is 62.2 Å². The molecule has 0 saturated heterocycles. The van der Waals surface area contributed by atoms with Gasteiger partial charge >= 0.3 is 0 Å². The van der Waals surface area contributed by atoms with E-state index in [1.54, 1.807) is 30.5 Å². The lowest BCUT2D eigenvalue weighted by molar-refractivity contribution is 0.102. The zero-order valence-electron chi connectivity index (χ0n) is 10.9. The molecule has 0 aliphatic carbocycles. The van der Waals surface area contributed by atoms with Crippen molar-refractivity contribution in [3.05, 3.63) is 64.8 Å². The van der Waals surface area contributed by atoms with Crippen LogP contribution < -0.4 is 5.32 Å². The van der Waals surface area contributed by atoms with Gasteiger partial charge in [-0.05, 0) is 51.0 Å². The number of rotatable bonds is 2. The number of fused-ring (bicyclic) bond motifs is 1. The lowest BCUT2D eigenvalue weighted by Crippen LogP contribution is -2.13. The van der Waals surface area contributed by atoms with Crippen molar-refractivity contribution in [3.63, 3.8) is 0 Å². The van der Waals surface area contributed by atoms with Gasteiger partial charge in [0.05, 0.1) is 5.56 Å². The van der Waals surface area contributed by atoms with Gasteiger partial charge in [-0.3, -0.25) is 4.79 Å². The van der Waals surface area contributed by atoms with E-state index in [0.29, 0.717) is 5.82 Å². The maximum Gasteiger partial charge on any atom is 0.260 e. The van der Waals surface area contributed by atoms with Crippen molar-refractivity contribution in [2.45, 2.75) is 0 Å². The summed E-state index contributed by atoms with van der Waals surface area (Å²) in [7, 11) is 0. The quantitative estimate of drug-likeness (QED) is 0.741. The Hall–Kier alpha value is -2.40. The summed E-state index contributed by atoms with van der Waals surface area (Å²) < 4.78 is 0.828. The molecule has 0 radical (unpaired) electrons. The molecule has 0 atom stereocenters. The molecule has 1 amide bonds. The number of benzene rings is 2. The van der Waals surface area contributed by atoms with Crippen LogP contribution in [-0.2, 0) is 0 Å². The summed E-state index contributed by atoms with van der Waals surface area (Å²) in [5.74, 6) is -0.0212. The molecule has 0 spiro atoms. The smallest absolute Gasteiger partial charge is 0.260 e. The molecule has 3 rings (SSSR count). The van der Waals surface area contributed by atoms with Crippen molar-refractivity contribution in [2.24, 2.45) is 0 Å². The molecule has 0 bridgehead atoms. The molecule has 104 valence electrons. The molecule has 5 heteroatoms. The minimum Gasteiger partial charge on any atom is -0.507 e. The molecule has 0 unspecified atom stereocenters. The van der Waals surface area contributed by atoms with Crippen molar-refractivity contribution in [3.8, 4) is 5.75 Å². The molecular weight excluding hydrogens is 332 g/mol. The molecule has 1 heterocycles. The van der Waals surface area contributed by atoms with E-state index in [2.05, 4.69) is 26.2 Å². The summed E-state index contributed by atoms with van der Waals surface area (Å²) in [5, 5.41) is 14.4. The summed E-state index contributed by atoms with van der Waals surface area (Å²) in [5.41, 5.74) is 0.221. The van der Waals surface area contributed by atoms with E-state index in [0.717, 1.165) is 15.2 Å². The molecule has 0 saturated carbocycles. The van der Waals surface area contributed by atoms with Crippen LogP contribution >= 0.6 is 15.9 Å². The van der Waals surface area contributed by atoms with Crippen LogP contribution in [0.5, 0.6) is 5.75 Å². The first-order valence-electron chi connectivity index (χ1n) is 6.28. The van der Waals surface area contributed by atoms with Gasteiger partial charge in [-0.2, -0.15) is 0 Å². The largest absolute Gasteiger partial charge is 0.507 e. The molecule has 21 heavy (non-hydrogen) atoms. The number of halogens is 1. The molecule has 0 aliphatic rings. The fourth-order valence-corrected chi connectivity index (χ4v) is 2.28. The predicted octanol–water partition coefficient (Wildman–Crippen LogP) is 3.96. The van der Waals surface area contributed by atoms with Crippen molar-refractivity contribution < 1.29 is 9.90 Å². The lowest BCUT2D eigenvalue weighted by Gasteiger charge is -2.08. The SMILES string of the molecule is O=C(Nc1ccc(Br)cn1)c1cc2ccccc2cc1O. The molecule has 0 aliphatic heterocycles. The van der Waals surface area contributed by atoms with E-state index in [1.807, 2.05) is 24.3 Å². The number of pyridine rings is 1. The Morgan fingerprint density at radius 2 is 1.81 bits per heavy atom. The van der Waals surface area contributed by atoms with E-state index in [-0.39, 0.29) is 11.3 Å². The maximum atomic E-state index is 12.2. The second kappa shape index (κ2) is 5.54. The van der Waals surface area contributed by atoms with E-state index in [9.17, 15) is 9.90 Å². The number of aromatic nitrogens is 1. The first-order chi connectivity index (χ1) is 10.1. The van der Waals surface area contributed by atoms with Crippen LogP contribution in [0.4, 0.5) is 5.82 Å². The Bertz CT molecular complexity index is 816. The zero-order valence-corrected chi connectivity index (χ0v) is 12.5. The van der Waals surface area contributed by atoms with E-state index < -0.39 is 5.91 Å². The number of carbonyl (C=O) groups excluding carboxylic acids is 1. The van der Waals surface area contributed by atoms with Crippen molar-refractivity contribution in [1.29, 1.82) is 0 Å². The highest BCUT2D eigenvalue weighted by molar-refractivity contribution is 9.10. The highest BCUT2D eigenvalue weighted by Gasteiger charge is 2.13. The van der Waals surface area contributed by atoms with Gasteiger partial charge in [-0.15, -0.1) is 0 Å². The van der Waals surface area contributed by atoms with Crippen LogP contribution in [0.3, 0.4) is 0 Å². The molecule has 1 aromatic heterocycles. The average molecular weight is 343 g/mol. The van der Waals surface area contributed by atoms with E-state index >= 15 is 0 Å². The molecular formula is C16H11BrN2O2. The van der Waals surface area contributed by atoms with Crippen LogP contribution in [0.25, 0.3) is 10.8 Å². The van der Waals surface area contributed by atoms with Gasteiger partial charge in [-0.1, -0.05) is 24.3 Å². The van der Waals surface area contributed by atoms with Gasteiger partial charge in [-0.25, -0.2) is 4.98 Å². The van der Waals surface area contributed by atoms with Crippen LogP contribution in [0, 0.1) is 0 Å². The fourth-order valence-electron chi connectivity index (χ4n) is 2.04. The number of anilines is 1. The van der Waals surface area contributed by atoms with Gasteiger partial charge < -0.3 is 10.4 Å². The number of nitrogens with one attached hydrogen (secondary N) is 1. The van der Waals surface area contributed by atoms with Gasteiger partial charge in [0.25, 0.3) is 5.91 Å². The number of carbonyl (C=O) groups is 1. The Balaban J connectivity index is 1.93. The maximum absolute atomic E-state index is 12.2.